The van der Waals surface area contributed by atoms with Crippen LogP contribution in [0.4, 0.5) is 4.39 Å². The van der Waals surface area contributed by atoms with Crippen LogP contribution in [-0.2, 0) is 4.79 Å². The Morgan fingerprint density at radius 2 is 2.03 bits per heavy atom. The fraction of sp³-hybridized carbons (Fsp3) is 0.481. The lowest BCUT2D eigenvalue weighted by atomic mass is 9.79. The maximum atomic E-state index is 14.1. The molecule has 168 valence electrons. The third-order valence-electron chi connectivity index (χ3n) is 7.39. The number of Topliss-reactive ketones (excluding diaryl/α,β-unsaturated/α-hetero) is 1. The summed E-state index contributed by atoms with van der Waals surface area (Å²) in [6, 6.07) is 10.9. The minimum absolute atomic E-state index is 0.135. The molecule has 2 fully saturated rings. The van der Waals surface area contributed by atoms with E-state index in [2.05, 4.69) is 9.88 Å². The summed E-state index contributed by atoms with van der Waals surface area (Å²) in [6.45, 7) is 2.68. The van der Waals surface area contributed by atoms with Gasteiger partial charge in [-0.1, -0.05) is 25.3 Å². The van der Waals surface area contributed by atoms with Crippen molar-refractivity contribution in [3.63, 3.8) is 0 Å². The van der Waals surface area contributed by atoms with E-state index >= 15 is 0 Å². The van der Waals surface area contributed by atoms with Crippen LogP contribution in [0.5, 0.6) is 0 Å². The van der Waals surface area contributed by atoms with Gasteiger partial charge in [0.1, 0.15) is 17.2 Å². The average Bonchev–Trinajstić information content (AvgIpc) is 3.49. The number of hydrogen-bond acceptors (Lipinski definition) is 4. The molecule has 2 atom stereocenters. The van der Waals surface area contributed by atoms with Crippen LogP contribution in [0.15, 0.2) is 53.3 Å². The third-order valence-corrected chi connectivity index (χ3v) is 7.39. The number of benzene rings is 1. The van der Waals surface area contributed by atoms with E-state index in [9.17, 15) is 9.18 Å². The van der Waals surface area contributed by atoms with Crippen LogP contribution < -0.4 is 0 Å². The number of carbonyl (C=O) groups is 1. The van der Waals surface area contributed by atoms with E-state index < -0.39 is 0 Å². The fourth-order valence-corrected chi connectivity index (χ4v) is 5.67. The second kappa shape index (κ2) is 9.53. The minimum atomic E-state index is -0.208. The molecule has 3 aromatic rings. The van der Waals surface area contributed by atoms with Crippen LogP contribution in [0.3, 0.4) is 0 Å². The van der Waals surface area contributed by atoms with Gasteiger partial charge in [-0.25, -0.2) is 4.39 Å². The summed E-state index contributed by atoms with van der Waals surface area (Å²) in [5.41, 5.74) is 2.67. The van der Waals surface area contributed by atoms with Crippen molar-refractivity contribution in [1.29, 1.82) is 0 Å². The van der Waals surface area contributed by atoms with Gasteiger partial charge in [0.25, 0.3) is 0 Å². The van der Waals surface area contributed by atoms with E-state index in [4.69, 9.17) is 4.42 Å². The molecule has 5 heteroatoms. The second-order valence-corrected chi connectivity index (χ2v) is 9.45. The molecular formula is C27H31FN2O2. The Labute approximate surface area is 188 Å². The number of halogens is 1. The lowest BCUT2D eigenvalue weighted by Crippen LogP contribution is -2.29. The fourth-order valence-electron chi connectivity index (χ4n) is 5.67. The number of rotatable bonds is 7. The molecule has 1 aliphatic carbocycles. The van der Waals surface area contributed by atoms with Gasteiger partial charge >= 0.3 is 0 Å². The number of hydrogen-bond donors (Lipinski definition) is 0. The van der Waals surface area contributed by atoms with Crippen molar-refractivity contribution in [2.75, 3.05) is 19.6 Å². The third kappa shape index (κ3) is 4.49. The number of furan rings is 1. The van der Waals surface area contributed by atoms with Crippen molar-refractivity contribution in [2.24, 2.45) is 5.92 Å². The number of carbonyl (C=O) groups excluding carboxylic acids is 1. The van der Waals surface area contributed by atoms with Gasteiger partial charge in [0.2, 0.25) is 0 Å². The number of pyridine rings is 1. The Balaban J connectivity index is 1.27. The molecule has 2 unspecified atom stereocenters. The summed E-state index contributed by atoms with van der Waals surface area (Å²) in [6.07, 6.45) is 10.8. The van der Waals surface area contributed by atoms with Crippen molar-refractivity contribution >= 4 is 16.8 Å². The molecule has 1 aromatic carbocycles. The molecule has 32 heavy (non-hydrogen) atoms. The van der Waals surface area contributed by atoms with Crippen molar-refractivity contribution in [2.45, 2.75) is 56.8 Å². The van der Waals surface area contributed by atoms with Crippen LogP contribution in [0, 0.1) is 11.7 Å². The molecule has 2 aliphatic rings. The lowest BCUT2D eigenvalue weighted by molar-refractivity contribution is -0.125. The normalized spacial score (nSPS) is 21.2. The zero-order valence-corrected chi connectivity index (χ0v) is 18.5. The Morgan fingerprint density at radius 3 is 2.84 bits per heavy atom. The van der Waals surface area contributed by atoms with Crippen molar-refractivity contribution < 1.29 is 13.6 Å². The monoisotopic (exact) mass is 434 g/mol. The zero-order valence-electron chi connectivity index (χ0n) is 18.5. The van der Waals surface area contributed by atoms with Crippen LogP contribution in [0.1, 0.15) is 68.0 Å². The Bertz CT molecular complexity index is 1060. The van der Waals surface area contributed by atoms with Gasteiger partial charge in [0, 0.05) is 35.5 Å². The van der Waals surface area contributed by atoms with Gasteiger partial charge in [0.05, 0.1) is 17.9 Å². The van der Waals surface area contributed by atoms with E-state index in [-0.39, 0.29) is 23.6 Å². The summed E-state index contributed by atoms with van der Waals surface area (Å²) in [5.74, 6) is 0.467. The van der Waals surface area contributed by atoms with Crippen LogP contribution in [0.2, 0.25) is 0 Å². The van der Waals surface area contributed by atoms with Crippen LogP contribution in [-0.4, -0.2) is 35.3 Å². The van der Waals surface area contributed by atoms with E-state index in [1.165, 1.54) is 12.5 Å². The molecule has 3 heterocycles. The number of likely N-dealkylation sites (tertiary alicyclic amines) is 1. The quantitative estimate of drug-likeness (QED) is 0.452. The summed E-state index contributed by atoms with van der Waals surface area (Å²) in [7, 11) is 0. The molecule has 1 saturated heterocycles. The van der Waals surface area contributed by atoms with E-state index in [0.29, 0.717) is 5.78 Å². The maximum absolute atomic E-state index is 14.1. The van der Waals surface area contributed by atoms with Crippen LogP contribution >= 0.6 is 0 Å². The zero-order chi connectivity index (χ0) is 21.9. The number of fused-ring (bicyclic) bond motifs is 1. The molecule has 0 amide bonds. The van der Waals surface area contributed by atoms with E-state index in [1.807, 2.05) is 24.3 Å². The number of nitrogens with zero attached hydrogens (tertiary/aromatic N) is 2. The van der Waals surface area contributed by atoms with Gasteiger partial charge in [-0.05, 0) is 69.1 Å². The van der Waals surface area contributed by atoms with Crippen molar-refractivity contribution in [3.8, 4) is 0 Å². The topological polar surface area (TPSA) is 46.3 Å². The largest absolute Gasteiger partial charge is 0.464 e. The highest BCUT2D eigenvalue weighted by Gasteiger charge is 2.32. The highest BCUT2D eigenvalue weighted by molar-refractivity contribution is 5.87. The Hall–Kier alpha value is -2.53. The minimum Gasteiger partial charge on any atom is -0.464 e. The van der Waals surface area contributed by atoms with E-state index in [0.717, 1.165) is 80.4 Å². The molecule has 5 rings (SSSR count). The highest BCUT2D eigenvalue weighted by Crippen LogP contribution is 2.35. The molecule has 0 N–H and O–H groups in total. The Kier molecular flexibility index (Phi) is 6.35. The van der Waals surface area contributed by atoms with Crippen molar-refractivity contribution in [1.82, 2.24) is 9.88 Å². The Morgan fingerprint density at radius 1 is 1.16 bits per heavy atom. The first-order chi connectivity index (χ1) is 15.7. The number of ketones is 1. The molecule has 4 nitrogen and oxygen atoms in total. The highest BCUT2D eigenvalue weighted by atomic mass is 19.1. The molecule has 0 bridgehead atoms. The van der Waals surface area contributed by atoms with Gasteiger partial charge in [-0.15, -0.1) is 0 Å². The first kappa shape index (κ1) is 21.3. The summed E-state index contributed by atoms with van der Waals surface area (Å²) in [5, 5.41) is 0.826. The number of aromatic nitrogens is 1. The van der Waals surface area contributed by atoms with E-state index in [1.54, 1.807) is 18.5 Å². The summed E-state index contributed by atoms with van der Waals surface area (Å²) >= 11 is 0. The summed E-state index contributed by atoms with van der Waals surface area (Å²) in [4.78, 5) is 20.4. The van der Waals surface area contributed by atoms with Gasteiger partial charge in [0.15, 0.2) is 0 Å². The predicted octanol–water partition coefficient (Wildman–Crippen LogP) is 6.08. The average molecular weight is 435 g/mol. The van der Waals surface area contributed by atoms with Gasteiger partial charge in [-0.3, -0.25) is 9.78 Å². The second-order valence-electron chi connectivity index (χ2n) is 9.45. The smallest absolute Gasteiger partial charge is 0.145 e. The first-order valence-electron chi connectivity index (χ1n) is 12.0. The summed E-state index contributed by atoms with van der Waals surface area (Å²) < 4.78 is 19.8. The lowest BCUT2D eigenvalue weighted by Gasteiger charge is -2.26. The van der Waals surface area contributed by atoms with Gasteiger partial charge in [-0.2, -0.15) is 0 Å². The molecular weight excluding hydrogens is 403 g/mol. The maximum Gasteiger partial charge on any atom is 0.145 e. The SMILES string of the molecule is O=C(C1CCCCC1)C(CCN1CCC(c2cc(F)cc3ccoc23)C1)c1ccccn1. The molecule has 2 aromatic heterocycles. The molecule has 1 saturated carbocycles. The van der Waals surface area contributed by atoms with Gasteiger partial charge < -0.3 is 9.32 Å². The van der Waals surface area contributed by atoms with Crippen LogP contribution in [0.25, 0.3) is 11.0 Å². The molecule has 0 spiro atoms. The first-order valence-corrected chi connectivity index (χ1v) is 12.0. The van der Waals surface area contributed by atoms with Crippen molar-refractivity contribution in [3.05, 3.63) is 65.9 Å². The predicted molar refractivity (Wildman–Crippen MR) is 123 cm³/mol. The molecule has 0 radical (unpaired) electrons. The molecule has 1 aliphatic heterocycles. The standard InChI is InChI=1S/C27H31FN2O2/c28-22-16-20-11-15-32-27(20)24(17-22)21-9-13-30(18-21)14-10-23(25-8-4-5-12-29-25)26(31)19-6-2-1-3-7-19/h4-5,8,11-12,15-17,19,21,23H,1-3,6-7,9-10,13-14,18H2.